The van der Waals surface area contributed by atoms with Gasteiger partial charge in [0.2, 0.25) is 0 Å². The highest BCUT2D eigenvalue weighted by atomic mass is 35.5. The number of aromatic nitrogens is 1. The molecule has 0 fully saturated rings. The summed E-state index contributed by atoms with van der Waals surface area (Å²) in [6.07, 6.45) is -0.967. The lowest BCUT2D eigenvalue weighted by atomic mass is 10.0. The van der Waals surface area contributed by atoms with Crippen LogP contribution in [-0.4, -0.2) is 14.3 Å². The van der Waals surface area contributed by atoms with Crippen molar-refractivity contribution in [3.8, 4) is 0 Å². The molecule has 1 heterocycles. The molecule has 1 rings (SSSR count). The van der Waals surface area contributed by atoms with Gasteiger partial charge in [-0.1, -0.05) is 17.7 Å². The van der Waals surface area contributed by atoms with Gasteiger partial charge in [0.1, 0.15) is 4.75 Å². The molecule has 0 aliphatic heterocycles. The van der Waals surface area contributed by atoms with Crippen molar-refractivity contribution in [2.45, 2.75) is 50.6 Å². The van der Waals surface area contributed by atoms with E-state index in [9.17, 15) is 17.7 Å². The molecule has 1 aromatic heterocycles. The quantitative estimate of drug-likeness (QED) is 0.578. The fraction of sp³-hybridized carbons (Fsp3) is 0.533. The fourth-order valence-electron chi connectivity index (χ4n) is 1.79. The van der Waals surface area contributed by atoms with Gasteiger partial charge in [-0.25, -0.2) is 0 Å². The van der Waals surface area contributed by atoms with Crippen LogP contribution >= 0.6 is 11.6 Å². The van der Waals surface area contributed by atoms with Gasteiger partial charge >= 0.3 is 6.18 Å². The predicted octanol–water partition coefficient (Wildman–Crippen LogP) is 4.81. The summed E-state index contributed by atoms with van der Waals surface area (Å²) in [5.74, 6) is 0. The Labute approximate surface area is 142 Å². The van der Waals surface area contributed by atoms with Crippen molar-refractivity contribution < 1.29 is 17.7 Å². The van der Waals surface area contributed by atoms with E-state index in [-0.39, 0.29) is 5.56 Å². The summed E-state index contributed by atoms with van der Waals surface area (Å²) in [7, 11) is 0. The van der Waals surface area contributed by atoms with Gasteiger partial charge in [-0.05, 0) is 45.2 Å². The Bertz CT molecular complexity index is 547. The summed E-state index contributed by atoms with van der Waals surface area (Å²) < 4.78 is 53.5. The first-order valence-electron chi connectivity index (χ1n) is 6.99. The fourth-order valence-corrected chi connectivity index (χ4v) is 3.00. The van der Waals surface area contributed by atoms with E-state index in [0.29, 0.717) is 12.8 Å². The molecular weight excluding hydrogens is 349 g/mol. The molecule has 0 spiro atoms. The summed E-state index contributed by atoms with van der Waals surface area (Å²) >= 11 is 4.47. The molecule has 23 heavy (non-hydrogen) atoms. The summed E-state index contributed by atoms with van der Waals surface area (Å²) in [5, 5.41) is -0.465. The second kappa shape index (κ2) is 7.88. The van der Waals surface area contributed by atoms with Gasteiger partial charge in [0.05, 0.1) is 11.1 Å². The Morgan fingerprint density at radius 2 is 2.04 bits per heavy atom. The Morgan fingerprint density at radius 3 is 2.52 bits per heavy atom. The van der Waals surface area contributed by atoms with Gasteiger partial charge in [-0.3, -0.25) is 4.98 Å². The Hall–Kier alpha value is -0.760. The molecule has 0 aromatic carbocycles. The third kappa shape index (κ3) is 5.67. The Balaban J connectivity index is 3.20. The van der Waals surface area contributed by atoms with Crippen LogP contribution in [0.1, 0.15) is 50.9 Å². The SMILES string of the molecule is C=CCCC(N[S@@+]([O-])C(C)(C)C)c1ccnc(C(F)(F)F)c1Cl. The largest absolute Gasteiger partial charge is 0.598 e. The molecule has 0 amide bonds. The van der Waals surface area contributed by atoms with Crippen LogP contribution < -0.4 is 4.72 Å². The Kier molecular flexibility index (Phi) is 6.95. The van der Waals surface area contributed by atoms with Crippen molar-refractivity contribution in [2.24, 2.45) is 0 Å². The lowest BCUT2D eigenvalue weighted by Gasteiger charge is -2.28. The molecule has 3 nitrogen and oxygen atoms in total. The van der Waals surface area contributed by atoms with E-state index in [2.05, 4.69) is 16.3 Å². The topological polar surface area (TPSA) is 48.0 Å². The van der Waals surface area contributed by atoms with Crippen molar-refractivity contribution in [1.82, 2.24) is 9.71 Å². The van der Waals surface area contributed by atoms with Gasteiger partial charge in [-0.15, -0.1) is 11.3 Å². The van der Waals surface area contributed by atoms with E-state index in [1.54, 1.807) is 26.8 Å². The number of rotatable bonds is 6. The number of hydrogen-bond donors (Lipinski definition) is 1. The zero-order chi connectivity index (χ0) is 17.8. The minimum atomic E-state index is -4.64. The second-order valence-electron chi connectivity index (χ2n) is 5.98. The summed E-state index contributed by atoms with van der Waals surface area (Å²) in [6.45, 7) is 8.93. The smallest absolute Gasteiger partial charge is 0.434 e. The van der Waals surface area contributed by atoms with Gasteiger partial charge in [0.15, 0.2) is 5.69 Å². The van der Waals surface area contributed by atoms with E-state index < -0.39 is 39.0 Å². The molecule has 0 aliphatic rings. The maximum atomic E-state index is 13.0. The maximum Gasteiger partial charge on any atom is 0.434 e. The number of nitrogens with zero attached hydrogens (tertiary/aromatic N) is 1. The summed E-state index contributed by atoms with van der Waals surface area (Å²) in [5.41, 5.74) is -0.906. The zero-order valence-electron chi connectivity index (χ0n) is 13.2. The van der Waals surface area contributed by atoms with Gasteiger partial charge in [0, 0.05) is 17.6 Å². The highest BCUT2D eigenvalue weighted by molar-refractivity contribution is 7.90. The van der Waals surface area contributed by atoms with Gasteiger partial charge in [-0.2, -0.15) is 13.2 Å². The molecule has 2 atom stereocenters. The van der Waals surface area contributed by atoms with E-state index >= 15 is 0 Å². The van der Waals surface area contributed by atoms with Crippen molar-refractivity contribution in [3.05, 3.63) is 41.2 Å². The van der Waals surface area contributed by atoms with Crippen LogP contribution in [0.25, 0.3) is 0 Å². The van der Waals surface area contributed by atoms with Crippen molar-refractivity contribution >= 4 is 23.0 Å². The summed E-state index contributed by atoms with van der Waals surface area (Å²) in [4.78, 5) is 3.32. The zero-order valence-corrected chi connectivity index (χ0v) is 14.8. The average molecular weight is 369 g/mol. The van der Waals surface area contributed by atoms with E-state index in [1.807, 2.05) is 0 Å². The summed E-state index contributed by atoms with van der Waals surface area (Å²) in [6, 6.07) is 0.822. The third-order valence-electron chi connectivity index (χ3n) is 3.03. The van der Waals surface area contributed by atoms with E-state index in [1.165, 1.54) is 6.07 Å². The minimum Gasteiger partial charge on any atom is -0.598 e. The van der Waals surface area contributed by atoms with Crippen LogP contribution in [0.4, 0.5) is 13.2 Å². The Morgan fingerprint density at radius 1 is 1.43 bits per heavy atom. The number of pyridine rings is 1. The lowest BCUT2D eigenvalue weighted by Crippen LogP contribution is -2.41. The first-order valence-corrected chi connectivity index (χ1v) is 8.51. The van der Waals surface area contributed by atoms with E-state index in [4.69, 9.17) is 11.6 Å². The van der Waals surface area contributed by atoms with E-state index in [0.717, 1.165) is 6.20 Å². The highest BCUT2D eigenvalue weighted by Crippen LogP contribution is 2.37. The number of allylic oxidation sites excluding steroid dienone is 1. The van der Waals surface area contributed by atoms with Crippen LogP contribution in [-0.2, 0) is 17.5 Å². The van der Waals surface area contributed by atoms with Crippen LogP contribution in [0.3, 0.4) is 0 Å². The molecule has 8 heteroatoms. The van der Waals surface area contributed by atoms with Crippen molar-refractivity contribution in [3.63, 3.8) is 0 Å². The van der Waals surface area contributed by atoms with Crippen LogP contribution in [0.2, 0.25) is 5.02 Å². The molecule has 0 aliphatic carbocycles. The molecule has 0 saturated carbocycles. The molecule has 0 radical (unpaired) electrons. The third-order valence-corrected chi connectivity index (χ3v) is 5.04. The van der Waals surface area contributed by atoms with Crippen LogP contribution in [0.5, 0.6) is 0 Å². The molecule has 1 N–H and O–H groups in total. The number of halogens is 4. The maximum absolute atomic E-state index is 13.0. The second-order valence-corrected chi connectivity index (χ2v) is 8.35. The van der Waals surface area contributed by atoms with Crippen LogP contribution in [0, 0.1) is 0 Å². The highest BCUT2D eigenvalue weighted by Gasteiger charge is 2.38. The number of hydrogen-bond acceptors (Lipinski definition) is 3. The minimum absolute atomic E-state index is 0.230. The van der Waals surface area contributed by atoms with Gasteiger partial charge < -0.3 is 4.55 Å². The number of nitrogens with one attached hydrogen (secondary N) is 1. The first kappa shape index (κ1) is 20.3. The standard InChI is InChI=1S/C15H20ClF3N2OS/c1-5-6-7-11(21-23(22)14(2,3)4)10-8-9-20-13(12(10)16)15(17,18)19/h5,8-9,11,21H,1,6-7H2,2-4H3/t11?,23-/m0/s1. The average Bonchev–Trinajstić information content (AvgIpc) is 2.41. The van der Waals surface area contributed by atoms with Crippen molar-refractivity contribution in [2.75, 3.05) is 0 Å². The van der Waals surface area contributed by atoms with Gasteiger partial charge in [0.25, 0.3) is 0 Å². The number of alkyl halides is 3. The predicted molar refractivity (Wildman–Crippen MR) is 87.5 cm³/mol. The lowest BCUT2D eigenvalue weighted by molar-refractivity contribution is -0.141. The molecular formula is C15H20ClF3N2OS. The molecule has 130 valence electrons. The first-order chi connectivity index (χ1) is 10.5. The molecule has 0 bridgehead atoms. The monoisotopic (exact) mass is 368 g/mol. The normalized spacial score (nSPS) is 15.3. The van der Waals surface area contributed by atoms with Crippen molar-refractivity contribution in [1.29, 1.82) is 0 Å². The van der Waals surface area contributed by atoms with Crippen LogP contribution in [0.15, 0.2) is 24.9 Å². The molecule has 1 unspecified atom stereocenters. The molecule has 1 aromatic rings. The molecule has 0 saturated heterocycles.